The number of carbonyl (C=O) groups is 1. The van der Waals surface area contributed by atoms with E-state index in [1.165, 1.54) is 24.3 Å². The number of phenols is 1. The quantitative estimate of drug-likeness (QED) is 0.505. The summed E-state index contributed by atoms with van der Waals surface area (Å²) >= 11 is 0. The molecule has 0 bridgehead atoms. The average Bonchev–Trinajstić information content (AvgIpc) is 3.34. The predicted octanol–water partition coefficient (Wildman–Crippen LogP) is 2.78. The highest BCUT2D eigenvalue weighted by atomic mass is 16.6. The SMILES string of the molecule is O=C(Oc1ccc(OCCC2CO2)cc1)c1ccc(O)cc1. The number of ether oxygens (including phenoxy) is 3. The third-order valence-electron chi connectivity index (χ3n) is 3.25. The second-order valence-corrected chi connectivity index (χ2v) is 5.00. The number of esters is 1. The highest BCUT2D eigenvalue weighted by molar-refractivity contribution is 5.91. The van der Waals surface area contributed by atoms with Crippen LogP contribution in [0.4, 0.5) is 0 Å². The van der Waals surface area contributed by atoms with Gasteiger partial charge in [0.05, 0.1) is 24.9 Å². The molecule has 1 saturated heterocycles. The lowest BCUT2D eigenvalue weighted by Gasteiger charge is -2.07. The average molecular weight is 300 g/mol. The van der Waals surface area contributed by atoms with Crippen LogP contribution in [-0.2, 0) is 4.74 Å². The van der Waals surface area contributed by atoms with Gasteiger partial charge in [-0.3, -0.25) is 0 Å². The molecule has 2 aromatic carbocycles. The van der Waals surface area contributed by atoms with Crippen LogP contribution < -0.4 is 9.47 Å². The summed E-state index contributed by atoms with van der Waals surface area (Å²) in [7, 11) is 0. The van der Waals surface area contributed by atoms with Gasteiger partial charge in [0, 0.05) is 6.42 Å². The predicted molar refractivity (Wildman–Crippen MR) is 79.4 cm³/mol. The molecular formula is C17H16O5. The van der Waals surface area contributed by atoms with Crippen molar-refractivity contribution in [3.63, 3.8) is 0 Å². The normalized spacial score (nSPS) is 16.1. The van der Waals surface area contributed by atoms with E-state index < -0.39 is 5.97 Å². The standard InChI is InChI=1S/C17H16O5/c18-13-3-1-12(2-4-13)17(19)22-15-7-5-14(6-8-15)20-10-9-16-11-21-16/h1-8,16,18H,9-11H2. The largest absolute Gasteiger partial charge is 0.508 e. The van der Waals surface area contributed by atoms with Gasteiger partial charge in [-0.2, -0.15) is 0 Å². The molecule has 0 aliphatic carbocycles. The Kier molecular flexibility index (Phi) is 4.25. The summed E-state index contributed by atoms with van der Waals surface area (Å²) in [6, 6.07) is 12.8. The number of aromatic hydroxyl groups is 1. The maximum Gasteiger partial charge on any atom is 0.343 e. The van der Waals surface area contributed by atoms with E-state index in [2.05, 4.69) is 0 Å². The van der Waals surface area contributed by atoms with Crippen molar-refractivity contribution in [3.05, 3.63) is 54.1 Å². The fourth-order valence-corrected chi connectivity index (χ4v) is 1.91. The van der Waals surface area contributed by atoms with Crippen LogP contribution in [0.3, 0.4) is 0 Å². The van der Waals surface area contributed by atoms with Gasteiger partial charge in [0.15, 0.2) is 0 Å². The van der Waals surface area contributed by atoms with Crippen LogP contribution in [0.1, 0.15) is 16.8 Å². The van der Waals surface area contributed by atoms with Crippen LogP contribution in [0, 0.1) is 0 Å². The summed E-state index contributed by atoms with van der Waals surface area (Å²) in [5, 5.41) is 9.19. The molecule has 1 aliphatic heterocycles. The number of rotatable bonds is 6. The van der Waals surface area contributed by atoms with Gasteiger partial charge in [-0.25, -0.2) is 4.79 Å². The summed E-state index contributed by atoms with van der Waals surface area (Å²) in [6.07, 6.45) is 1.24. The first kappa shape index (κ1) is 14.4. The number of carbonyl (C=O) groups excluding carboxylic acids is 1. The molecule has 22 heavy (non-hydrogen) atoms. The lowest BCUT2D eigenvalue weighted by Crippen LogP contribution is -2.08. The van der Waals surface area contributed by atoms with Crippen molar-refractivity contribution in [2.75, 3.05) is 13.2 Å². The van der Waals surface area contributed by atoms with Crippen molar-refractivity contribution in [2.24, 2.45) is 0 Å². The van der Waals surface area contributed by atoms with Crippen molar-refractivity contribution in [3.8, 4) is 17.2 Å². The van der Waals surface area contributed by atoms with E-state index in [0.717, 1.165) is 18.8 Å². The maximum absolute atomic E-state index is 11.9. The molecule has 1 aliphatic rings. The smallest absolute Gasteiger partial charge is 0.343 e. The molecule has 1 fully saturated rings. The Balaban J connectivity index is 1.53. The van der Waals surface area contributed by atoms with Gasteiger partial charge in [-0.05, 0) is 48.5 Å². The molecule has 1 N–H and O–H groups in total. The number of hydrogen-bond donors (Lipinski definition) is 1. The molecule has 0 amide bonds. The van der Waals surface area contributed by atoms with Gasteiger partial charge < -0.3 is 19.3 Å². The molecule has 114 valence electrons. The van der Waals surface area contributed by atoms with Crippen molar-refractivity contribution < 1.29 is 24.1 Å². The van der Waals surface area contributed by atoms with E-state index >= 15 is 0 Å². The monoisotopic (exact) mass is 300 g/mol. The minimum atomic E-state index is -0.473. The fraction of sp³-hybridized carbons (Fsp3) is 0.235. The second-order valence-electron chi connectivity index (χ2n) is 5.00. The molecule has 3 rings (SSSR count). The first-order valence-corrected chi connectivity index (χ1v) is 7.06. The topological polar surface area (TPSA) is 68.3 Å². The highest BCUT2D eigenvalue weighted by Crippen LogP contribution is 2.20. The zero-order valence-corrected chi connectivity index (χ0v) is 11.9. The zero-order chi connectivity index (χ0) is 15.4. The molecule has 0 spiro atoms. The second kappa shape index (κ2) is 6.49. The van der Waals surface area contributed by atoms with Gasteiger partial charge in [0.25, 0.3) is 0 Å². The van der Waals surface area contributed by atoms with Crippen LogP contribution >= 0.6 is 0 Å². The van der Waals surface area contributed by atoms with Gasteiger partial charge in [-0.15, -0.1) is 0 Å². The Labute approximate surface area is 128 Å². The van der Waals surface area contributed by atoms with Crippen LogP contribution in [0.5, 0.6) is 17.2 Å². The van der Waals surface area contributed by atoms with Gasteiger partial charge in [0.2, 0.25) is 0 Å². The van der Waals surface area contributed by atoms with Crippen molar-refractivity contribution in [1.29, 1.82) is 0 Å². The first-order valence-electron chi connectivity index (χ1n) is 7.06. The van der Waals surface area contributed by atoms with Crippen LogP contribution in [-0.4, -0.2) is 30.4 Å². The highest BCUT2D eigenvalue weighted by Gasteiger charge is 2.21. The van der Waals surface area contributed by atoms with E-state index in [1.54, 1.807) is 24.3 Å². The molecule has 5 heteroatoms. The minimum Gasteiger partial charge on any atom is -0.508 e. The van der Waals surface area contributed by atoms with E-state index in [1.807, 2.05) is 0 Å². The zero-order valence-electron chi connectivity index (χ0n) is 11.9. The van der Waals surface area contributed by atoms with Gasteiger partial charge >= 0.3 is 5.97 Å². The van der Waals surface area contributed by atoms with Crippen LogP contribution in [0.15, 0.2) is 48.5 Å². The number of phenolic OH excluding ortho intramolecular Hbond substituents is 1. The van der Waals surface area contributed by atoms with Crippen LogP contribution in [0.2, 0.25) is 0 Å². The molecule has 2 aromatic rings. The number of epoxide rings is 1. The summed E-state index contributed by atoms with van der Waals surface area (Å²) in [4.78, 5) is 11.9. The molecular weight excluding hydrogens is 284 g/mol. The summed E-state index contributed by atoms with van der Waals surface area (Å²) < 4.78 is 15.9. The number of hydrogen-bond acceptors (Lipinski definition) is 5. The molecule has 1 heterocycles. The van der Waals surface area contributed by atoms with Crippen molar-refractivity contribution in [1.82, 2.24) is 0 Å². The van der Waals surface area contributed by atoms with Gasteiger partial charge in [-0.1, -0.05) is 0 Å². The molecule has 1 unspecified atom stereocenters. The Morgan fingerprint density at radius 3 is 2.36 bits per heavy atom. The van der Waals surface area contributed by atoms with Crippen LogP contribution in [0.25, 0.3) is 0 Å². The first-order chi connectivity index (χ1) is 10.7. The molecule has 0 radical (unpaired) electrons. The third-order valence-corrected chi connectivity index (χ3v) is 3.25. The lowest BCUT2D eigenvalue weighted by molar-refractivity contribution is 0.0734. The summed E-state index contributed by atoms with van der Waals surface area (Å²) in [5.41, 5.74) is 0.377. The van der Waals surface area contributed by atoms with E-state index in [-0.39, 0.29) is 5.75 Å². The molecule has 0 saturated carbocycles. The van der Waals surface area contributed by atoms with Crippen molar-refractivity contribution in [2.45, 2.75) is 12.5 Å². The summed E-state index contributed by atoms with van der Waals surface area (Å²) in [6.45, 7) is 1.44. The molecule has 5 nitrogen and oxygen atoms in total. The van der Waals surface area contributed by atoms with E-state index in [9.17, 15) is 9.90 Å². The Morgan fingerprint density at radius 1 is 1.09 bits per heavy atom. The summed E-state index contributed by atoms with van der Waals surface area (Å²) in [5.74, 6) is 0.801. The Hall–Kier alpha value is -2.53. The lowest BCUT2D eigenvalue weighted by atomic mass is 10.2. The third kappa shape index (κ3) is 3.99. The number of benzene rings is 2. The fourth-order valence-electron chi connectivity index (χ4n) is 1.91. The Morgan fingerprint density at radius 2 is 1.73 bits per heavy atom. The van der Waals surface area contributed by atoms with E-state index in [4.69, 9.17) is 14.2 Å². The molecule has 0 aromatic heterocycles. The minimum absolute atomic E-state index is 0.106. The molecule has 1 atom stereocenters. The maximum atomic E-state index is 11.9. The van der Waals surface area contributed by atoms with Crippen molar-refractivity contribution >= 4 is 5.97 Å². The van der Waals surface area contributed by atoms with E-state index in [0.29, 0.717) is 24.0 Å². The Bertz CT molecular complexity index is 629. The van der Waals surface area contributed by atoms with Gasteiger partial charge in [0.1, 0.15) is 17.2 Å².